The number of hydrogen-bond acceptors (Lipinski definition) is 3. The predicted octanol–water partition coefficient (Wildman–Crippen LogP) is 4.15. The van der Waals surface area contributed by atoms with Crippen molar-refractivity contribution in [1.29, 1.82) is 0 Å². The molecule has 7 heteroatoms. The van der Waals surface area contributed by atoms with E-state index in [1.165, 1.54) is 22.6 Å². The smallest absolute Gasteiger partial charge is 0.325 e. The Bertz CT molecular complexity index is 665. The number of carbonyl (C=O) groups excluding carboxylic acids is 1. The molecule has 2 rings (SSSR count). The first-order valence-corrected chi connectivity index (χ1v) is 7.82. The lowest BCUT2D eigenvalue weighted by molar-refractivity contribution is -0.137. The minimum Gasteiger partial charge on any atom is -0.325 e. The largest absolute Gasteiger partial charge is 0.416 e. The van der Waals surface area contributed by atoms with Crippen LogP contribution in [0.4, 0.5) is 18.9 Å². The number of aryl methyl sites for hydroxylation is 1. The summed E-state index contributed by atoms with van der Waals surface area (Å²) in [6.45, 7) is 2.84. The highest BCUT2D eigenvalue weighted by Gasteiger charge is 2.29. The van der Waals surface area contributed by atoms with E-state index in [-0.39, 0.29) is 12.5 Å². The summed E-state index contributed by atoms with van der Waals surface area (Å²) < 4.78 is 37.4. The van der Waals surface area contributed by atoms with Crippen molar-refractivity contribution < 1.29 is 18.0 Å². The third kappa shape index (κ3) is 5.07. The molecule has 124 valence electrons. The van der Waals surface area contributed by atoms with Gasteiger partial charge in [-0.05, 0) is 55.2 Å². The number of carbonyl (C=O) groups is 1. The highest BCUT2D eigenvalue weighted by atomic mass is 32.1. The standard InChI is InChI=1S/C16H17F3N2OS/c1-11-7-8-23-14(11)9-21(2)10-15(22)20-13-5-3-12(4-6-13)16(17,18)19/h3-8H,9-10H2,1-2H3,(H,20,22). The molecule has 0 aliphatic heterocycles. The Morgan fingerprint density at radius 3 is 2.39 bits per heavy atom. The van der Waals surface area contributed by atoms with Crippen LogP contribution in [0.5, 0.6) is 0 Å². The third-order valence-electron chi connectivity index (χ3n) is 3.29. The Morgan fingerprint density at radius 1 is 1.22 bits per heavy atom. The molecule has 1 amide bonds. The monoisotopic (exact) mass is 342 g/mol. The van der Waals surface area contributed by atoms with Gasteiger partial charge in [0.2, 0.25) is 5.91 Å². The zero-order chi connectivity index (χ0) is 17.0. The van der Waals surface area contributed by atoms with Gasteiger partial charge in [0.1, 0.15) is 0 Å². The average molecular weight is 342 g/mol. The zero-order valence-corrected chi connectivity index (χ0v) is 13.6. The molecule has 3 nitrogen and oxygen atoms in total. The van der Waals surface area contributed by atoms with Gasteiger partial charge in [0.15, 0.2) is 0 Å². The van der Waals surface area contributed by atoms with Gasteiger partial charge in [-0.15, -0.1) is 11.3 Å². The number of rotatable bonds is 5. The van der Waals surface area contributed by atoms with Crippen LogP contribution in [0.3, 0.4) is 0 Å². The maximum Gasteiger partial charge on any atom is 0.416 e. The lowest BCUT2D eigenvalue weighted by atomic mass is 10.2. The van der Waals surface area contributed by atoms with E-state index in [9.17, 15) is 18.0 Å². The Morgan fingerprint density at radius 2 is 1.87 bits per heavy atom. The summed E-state index contributed by atoms with van der Waals surface area (Å²) >= 11 is 1.63. The highest BCUT2D eigenvalue weighted by molar-refractivity contribution is 7.10. The van der Waals surface area contributed by atoms with E-state index in [2.05, 4.69) is 5.32 Å². The van der Waals surface area contributed by atoms with Crippen molar-refractivity contribution in [3.05, 3.63) is 51.7 Å². The molecule has 0 saturated heterocycles. The molecule has 0 aliphatic carbocycles. The Labute approximate surface area is 136 Å². The summed E-state index contributed by atoms with van der Waals surface area (Å²) in [5.74, 6) is -0.263. The number of benzene rings is 1. The number of amides is 1. The molecule has 0 fully saturated rings. The van der Waals surface area contributed by atoms with Crippen LogP contribution in [-0.2, 0) is 17.5 Å². The SMILES string of the molecule is Cc1ccsc1CN(C)CC(=O)Nc1ccc(C(F)(F)F)cc1. The van der Waals surface area contributed by atoms with Gasteiger partial charge in [0.05, 0.1) is 12.1 Å². The fraction of sp³-hybridized carbons (Fsp3) is 0.312. The maximum absolute atomic E-state index is 12.5. The highest BCUT2D eigenvalue weighted by Crippen LogP contribution is 2.29. The molecule has 1 aromatic heterocycles. The molecule has 0 unspecified atom stereocenters. The molecule has 1 N–H and O–H groups in total. The van der Waals surface area contributed by atoms with Crippen molar-refractivity contribution in [2.45, 2.75) is 19.6 Å². The van der Waals surface area contributed by atoms with Gasteiger partial charge < -0.3 is 5.32 Å². The van der Waals surface area contributed by atoms with Gasteiger partial charge in [-0.25, -0.2) is 0 Å². The molecule has 0 spiro atoms. The van der Waals surface area contributed by atoms with Crippen molar-refractivity contribution in [2.24, 2.45) is 0 Å². The molecular weight excluding hydrogens is 325 g/mol. The number of hydrogen-bond donors (Lipinski definition) is 1. The van der Waals surface area contributed by atoms with Gasteiger partial charge in [-0.2, -0.15) is 13.2 Å². The Balaban J connectivity index is 1.88. The van der Waals surface area contributed by atoms with Gasteiger partial charge in [-0.1, -0.05) is 0 Å². The summed E-state index contributed by atoms with van der Waals surface area (Å²) in [6, 6.07) is 6.44. The zero-order valence-electron chi connectivity index (χ0n) is 12.8. The summed E-state index contributed by atoms with van der Waals surface area (Å²) in [5, 5.41) is 4.60. The minimum absolute atomic E-state index is 0.165. The van der Waals surface area contributed by atoms with E-state index in [0.717, 1.165) is 12.1 Å². The molecule has 0 radical (unpaired) electrons. The number of nitrogens with one attached hydrogen (secondary N) is 1. The van der Waals surface area contributed by atoms with E-state index < -0.39 is 11.7 Å². The van der Waals surface area contributed by atoms with Crippen molar-refractivity contribution in [2.75, 3.05) is 18.9 Å². The van der Waals surface area contributed by atoms with Crippen LogP contribution in [0.2, 0.25) is 0 Å². The van der Waals surface area contributed by atoms with Crippen LogP contribution >= 0.6 is 11.3 Å². The lowest BCUT2D eigenvalue weighted by Crippen LogP contribution is -2.29. The number of alkyl halides is 3. The average Bonchev–Trinajstić information content (AvgIpc) is 2.83. The van der Waals surface area contributed by atoms with E-state index in [0.29, 0.717) is 12.2 Å². The van der Waals surface area contributed by atoms with Crippen LogP contribution in [-0.4, -0.2) is 24.4 Å². The van der Waals surface area contributed by atoms with Crippen LogP contribution in [0, 0.1) is 6.92 Å². The van der Waals surface area contributed by atoms with Crippen LogP contribution < -0.4 is 5.32 Å². The van der Waals surface area contributed by atoms with E-state index in [1.807, 2.05) is 30.3 Å². The second-order valence-electron chi connectivity index (χ2n) is 5.32. The number of anilines is 1. The van der Waals surface area contributed by atoms with Gasteiger partial charge in [-0.3, -0.25) is 9.69 Å². The fourth-order valence-electron chi connectivity index (χ4n) is 2.06. The number of nitrogens with zero attached hydrogens (tertiary/aromatic N) is 1. The number of thiophene rings is 1. The quantitative estimate of drug-likeness (QED) is 0.885. The summed E-state index contributed by atoms with van der Waals surface area (Å²) in [7, 11) is 1.82. The summed E-state index contributed by atoms with van der Waals surface area (Å²) in [5.41, 5.74) is 0.800. The first-order valence-electron chi connectivity index (χ1n) is 6.94. The van der Waals surface area contributed by atoms with Crippen molar-refractivity contribution in [3.63, 3.8) is 0 Å². The van der Waals surface area contributed by atoms with Crippen LogP contribution in [0.15, 0.2) is 35.7 Å². The lowest BCUT2D eigenvalue weighted by Gasteiger charge is -2.16. The topological polar surface area (TPSA) is 32.3 Å². The summed E-state index contributed by atoms with van der Waals surface area (Å²) in [6.07, 6.45) is -4.37. The molecule has 2 aromatic rings. The third-order valence-corrected chi connectivity index (χ3v) is 4.30. The van der Waals surface area contributed by atoms with Gasteiger partial charge >= 0.3 is 6.18 Å². The minimum atomic E-state index is -4.37. The Kier molecular flexibility index (Phi) is 5.43. The number of halogens is 3. The first-order chi connectivity index (χ1) is 10.8. The van der Waals surface area contributed by atoms with Crippen molar-refractivity contribution in [1.82, 2.24) is 4.90 Å². The molecular formula is C16H17F3N2OS. The number of likely N-dealkylation sites (N-methyl/N-ethyl adjacent to an activating group) is 1. The van der Waals surface area contributed by atoms with E-state index >= 15 is 0 Å². The van der Waals surface area contributed by atoms with Crippen LogP contribution in [0.1, 0.15) is 16.0 Å². The van der Waals surface area contributed by atoms with Crippen molar-refractivity contribution >= 4 is 22.9 Å². The molecule has 0 atom stereocenters. The van der Waals surface area contributed by atoms with E-state index in [4.69, 9.17) is 0 Å². The van der Waals surface area contributed by atoms with Crippen LogP contribution in [0.25, 0.3) is 0 Å². The summed E-state index contributed by atoms with van der Waals surface area (Å²) in [4.78, 5) is 15.0. The maximum atomic E-state index is 12.5. The molecule has 0 saturated carbocycles. The first kappa shape index (κ1) is 17.5. The normalized spacial score (nSPS) is 11.7. The van der Waals surface area contributed by atoms with E-state index in [1.54, 1.807) is 11.3 Å². The van der Waals surface area contributed by atoms with Crippen molar-refractivity contribution in [3.8, 4) is 0 Å². The molecule has 1 aromatic carbocycles. The molecule has 0 aliphatic rings. The molecule has 23 heavy (non-hydrogen) atoms. The Hall–Kier alpha value is -1.86. The van der Waals surface area contributed by atoms with Gasteiger partial charge in [0.25, 0.3) is 0 Å². The second-order valence-corrected chi connectivity index (χ2v) is 6.32. The molecule has 1 heterocycles. The predicted molar refractivity (Wildman–Crippen MR) is 85.5 cm³/mol. The van der Waals surface area contributed by atoms with Gasteiger partial charge in [0, 0.05) is 17.1 Å². The fourth-order valence-corrected chi connectivity index (χ4v) is 3.04. The molecule has 0 bridgehead atoms. The second kappa shape index (κ2) is 7.14.